The first-order chi connectivity index (χ1) is 71.7. The van der Waals surface area contributed by atoms with Crippen molar-refractivity contribution in [1.29, 1.82) is 15.8 Å². The molecule has 6 aromatic heterocycles. The number of aromatic nitrogens is 9. The Labute approximate surface area is 835 Å². The van der Waals surface area contributed by atoms with Crippen LogP contribution >= 0.6 is 0 Å². The molecule has 0 aliphatic heterocycles. The third kappa shape index (κ3) is 16.1. The Hall–Kier alpha value is -20.2. The summed E-state index contributed by atoms with van der Waals surface area (Å²) in [7, 11) is 0. The Balaban J connectivity index is 0.000000114. The summed E-state index contributed by atoms with van der Waals surface area (Å²) >= 11 is 0. The van der Waals surface area contributed by atoms with Gasteiger partial charge in [0.2, 0.25) is 0 Å². The first kappa shape index (κ1) is 86.4. The summed E-state index contributed by atoms with van der Waals surface area (Å²) in [6.07, 6.45) is 0. The van der Waals surface area contributed by atoms with Crippen molar-refractivity contribution in [1.82, 2.24) is 43.6 Å². The zero-order valence-corrected chi connectivity index (χ0v) is 78.2. The van der Waals surface area contributed by atoms with Gasteiger partial charge in [0.25, 0.3) is 0 Å². The Morgan fingerprint density at radius 3 is 0.634 bits per heavy atom. The van der Waals surface area contributed by atoms with Crippen LogP contribution in [0.2, 0.25) is 0 Å². The lowest BCUT2D eigenvalue weighted by Crippen LogP contribution is -1.97. The van der Waals surface area contributed by atoms with Gasteiger partial charge in [0, 0.05) is 82.8 Å². The molecule has 145 heavy (non-hydrogen) atoms. The van der Waals surface area contributed by atoms with Crippen LogP contribution in [-0.4, -0.2) is 43.6 Å². The summed E-state index contributed by atoms with van der Waals surface area (Å²) < 4.78 is 6.77. The van der Waals surface area contributed by atoms with E-state index in [1.807, 2.05) is 121 Å². The summed E-state index contributed by atoms with van der Waals surface area (Å²) in [5.41, 5.74) is 34.1. The maximum absolute atomic E-state index is 9.18. The van der Waals surface area contributed by atoms with Crippen molar-refractivity contribution >= 4 is 109 Å². The fourth-order valence-electron chi connectivity index (χ4n) is 20.4. The lowest BCUT2D eigenvalue weighted by molar-refractivity contribution is 1.10. The number of pyridine rings is 3. The Bertz CT molecular complexity index is 9810. The molecule has 674 valence electrons. The third-order valence-electron chi connectivity index (χ3n) is 27.5. The number of nitriles is 3. The molecule has 12 nitrogen and oxygen atoms in total. The van der Waals surface area contributed by atoms with Crippen molar-refractivity contribution < 1.29 is 0 Å². The SMILES string of the molecule is N#Cc1ccc(-c2ccc(-c3ccc(-c4nc5ccccc5c5ccc6c(nc(-c7ccccc7)n6-c6ccccc6)c45)cc3)cc2)cc1.N#Cc1ccc(-c2ccc(-c3nc4ccccc4c4ccc5c(nc(-c6ccccc6)n5-c5ccccc5)c34)cc2)cc1.N#Cc1ccc(-c2ccc3cc(-c4ccc(-c5nc6ccccc6c6ccc7c(nc(-c8ccccc8)n7-c7ccccc7)c56)cc4)ccc3c2)cc1. The average molecular weight is 1850 g/mol. The standard InChI is InChI=1S/C49H30N4.C45H28N4.C39H24N4/c50-31-32-15-17-33(18-16-32)37-23-25-40-30-38(24-26-39(40)29-37)34-19-21-35(22-20-34)47-46-43(42-13-7-8-14-44(42)51-47)27-28-45-48(46)52-49(36-9-3-1-4-10-36)53(45)41-11-5-2-6-12-41;46-29-30-15-17-31(18-16-30)32-19-21-33(22-20-32)34-23-25-35(26-24-34)43-42-39(38-13-7-8-14-40(38)47-43)27-28-41-44(42)48-45(36-9-3-1-4-10-36)49(41)37-11-5-2-6-12-37;40-25-26-15-17-27(18-16-26)28-19-21-29(22-20-28)37-36-33(32-13-7-8-14-34(32)41-37)23-24-35-38(36)42-39(30-9-3-1-4-10-30)43(35)31-11-5-2-6-12-31/h1-30H;1-28H;1-24H. The quantitative estimate of drug-likeness (QED) is 0.0964. The fourth-order valence-corrected chi connectivity index (χ4v) is 20.4. The summed E-state index contributed by atoms with van der Waals surface area (Å²) in [6, 6.07) is 178. The molecule has 27 aromatic rings. The number of rotatable bonds is 14. The summed E-state index contributed by atoms with van der Waals surface area (Å²) in [6.45, 7) is 0. The van der Waals surface area contributed by atoms with Crippen LogP contribution in [0.1, 0.15) is 16.7 Å². The van der Waals surface area contributed by atoms with Gasteiger partial charge >= 0.3 is 0 Å². The van der Waals surface area contributed by atoms with Crippen molar-refractivity contribution in [2.45, 2.75) is 0 Å². The molecule has 0 aliphatic carbocycles. The Morgan fingerprint density at radius 1 is 0.166 bits per heavy atom. The normalized spacial score (nSPS) is 11.3. The van der Waals surface area contributed by atoms with E-state index < -0.39 is 0 Å². The molecular weight excluding hydrogens is 1770 g/mol. The monoisotopic (exact) mass is 1850 g/mol. The molecule has 0 bridgehead atoms. The minimum Gasteiger partial charge on any atom is -0.292 e. The zero-order valence-electron chi connectivity index (χ0n) is 78.2. The van der Waals surface area contributed by atoms with Gasteiger partial charge in [-0.15, -0.1) is 0 Å². The predicted octanol–water partition coefficient (Wildman–Crippen LogP) is 33.3. The van der Waals surface area contributed by atoms with Gasteiger partial charge in [-0.2, -0.15) is 15.8 Å². The van der Waals surface area contributed by atoms with Crippen molar-refractivity contribution in [2.24, 2.45) is 0 Å². The van der Waals surface area contributed by atoms with Crippen molar-refractivity contribution in [2.75, 3.05) is 0 Å². The molecule has 0 amide bonds. The molecule has 27 rings (SSSR count). The van der Waals surface area contributed by atoms with Crippen molar-refractivity contribution in [3.8, 4) is 159 Å². The van der Waals surface area contributed by atoms with E-state index in [9.17, 15) is 10.5 Å². The number of para-hydroxylation sites is 6. The van der Waals surface area contributed by atoms with Crippen LogP contribution < -0.4 is 0 Å². The highest BCUT2D eigenvalue weighted by atomic mass is 15.1. The number of fused-ring (bicyclic) bond motifs is 16. The molecule has 0 radical (unpaired) electrons. The van der Waals surface area contributed by atoms with E-state index in [0.717, 1.165) is 239 Å². The van der Waals surface area contributed by atoms with Gasteiger partial charge in [-0.3, -0.25) is 13.7 Å². The van der Waals surface area contributed by atoms with E-state index in [0.29, 0.717) is 16.7 Å². The predicted molar refractivity (Wildman–Crippen MR) is 593 cm³/mol. The molecule has 0 saturated carbocycles. The second-order valence-electron chi connectivity index (χ2n) is 36.1. The van der Waals surface area contributed by atoms with E-state index in [-0.39, 0.29) is 0 Å². The summed E-state index contributed by atoms with van der Waals surface area (Å²) in [5, 5.41) is 39.7. The highest BCUT2D eigenvalue weighted by molar-refractivity contribution is 6.23. The maximum atomic E-state index is 9.18. The number of benzene rings is 21. The van der Waals surface area contributed by atoms with Crippen LogP contribution in [0, 0.1) is 34.0 Å². The van der Waals surface area contributed by atoms with E-state index in [2.05, 4.69) is 408 Å². The van der Waals surface area contributed by atoms with Crippen LogP contribution in [-0.2, 0) is 0 Å². The second-order valence-corrected chi connectivity index (χ2v) is 36.1. The maximum Gasteiger partial charge on any atom is 0.145 e. The zero-order chi connectivity index (χ0) is 96.8. The van der Waals surface area contributed by atoms with Gasteiger partial charge in [0.15, 0.2) is 0 Å². The van der Waals surface area contributed by atoms with Crippen LogP contribution in [0.3, 0.4) is 0 Å². The molecule has 0 unspecified atom stereocenters. The van der Waals surface area contributed by atoms with Crippen molar-refractivity contribution in [3.63, 3.8) is 0 Å². The topological polar surface area (TPSA) is 164 Å². The molecule has 0 saturated heterocycles. The second kappa shape index (κ2) is 37.3. The molecular formula is C133H82N12. The number of hydrogen-bond acceptors (Lipinski definition) is 9. The van der Waals surface area contributed by atoms with Crippen LogP contribution in [0.25, 0.3) is 250 Å². The van der Waals surface area contributed by atoms with E-state index >= 15 is 0 Å². The first-order valence-electron chi connectivity index (χ1n) is 48.3. The summed E-state index contributed by atoms with van der Waals surface area (Å²) in [4.78, 5) is 32.0. The van der Waals surface area contributed by atoms with Gasteiger partial charge in [0.1, 0.15) is 17.5 Å². The minimum atomic E-state index is 0.654. The minimum absolute atomic E-state index is 0.654. The molecule has 0 aliphatic rings. The molecule has 6 heterocycles. The van der Waals surface area contributed by atoms with Gasteiger partial charge in [-0.05, 0) is 204 Å². The van der Waals surface area contributed by atoms with Gasteiger partial charge in [-0.25, -0.2) is 29.9 Å². The third-order valence-corrected chi connectivity index (χ3v) is 27.5. The fraction of sp³-hybridized carbons (Fsp3) is 0. The van der Waals surface area contributed by atoms with Crippen LogP contribution in [0.15, 0.2) is 497 Å². The molecule has 12 heteroatoms. The molecule has 0 fully saturated rings. The van der Waals surface area contributed by atoms with Crippen LogP contribution in [0.4, 0.5) is 0 Å². The highest BCUT2D eigenvalue weighted by Gasteiger charge is 2.27. The van der Waals surface area contributed by atoms with E-state index in [4.69, 9.17) is 35.2 Å². The average Bonchev–Trinajstić information content (AvgIpc) is 1.59. The molecule has 21 aromatic carbocycles. The Morgan fingerprint density at radius 2 is 0.379 bits per heavy atom. The summed E-state index contributed by atoms with van der Waals surface area (Å²) in [5.74, 6) is 2.69. The van der Waals surface area contributed by atoms with Gasteiger partial charge in [0.05, 0.1) is 102 Å². The van der Waals surface area contributed by atoms with Gasteiger partial charge in [-0.1, -0.05) is 376 Å². The Kier molecular flexibility index (Phi) is 22.2. The largest absolute Gasteiger partial charge is 0.292 e. The molecule has 0 N–H and O–H groups in total. The molecule has 0 spiro atoms. The lowest BCUT2D eigenvalue weighted by atomic mass is 9.95. The van der Waals surface area contributed by atoms with E-state index in [1.54, 1.807) is 0 Å². The van der Waals surface area contributed by atoms with E-state index in [1.165, 1.54) is 10.8 Å². The van der Waals surface area contributed by atoms with Gasteiger partial charge < -0.3 is 0 Å². The number of hydrogen-bond donors (Lipinski definition) is 0. The molecule has 0 atom stereocenters. The van der Waals surface area contributed by atoms with Crippen molar-refractivity contribution in [3.05, 3.63) is 514 Å². The highest BCUT2D eigenvalue weighted by Crippen LogP contribution is 2.47. The van der Waals surface area contributed by atoms with Crippen LogP contribution in [0.5, 0.6) is 0 Å². The number of imidazole rings is 3. The first-order valence-corrected chi connectivity index (χ1v) is 48.3. The lowest BCUT2D eigenvalue weighted by Gasteiger charge is -2.13. The number of nitrogens with zero attached hydrogens (tertiary/aromatic N) is 12. The smallest absolute Gasteiger partial charge is 0.145 e.